The summed E-state index contributed by atoms with van der Waals surface area (Å²) in [6.07, 6.45) is 0. The van der Waals surface area contributed by atoms with Crippen LogP contribution in [-0.4, -0.2) is 45.4 Å². The lowest BCUT2D eigenvalue weighted by Crippen LogP contribution is -2.35. The van der Waals surface area contributed by atoms with Crippen molar-refractivity contribution in [1.29, 1.82) is 0 Å². The van der Waals surface area contributed by atoms with Crippen LogP contribution < -0.4 is 5.32 Å². The van der Waals surface area contributed by atoms with E-state index in [1.54, 1.807) is 38.1 Å². The Kier molecular flexibility index (Phi) is 8.73. The summed E-state index contributed by atoms with van der Waals surface area (Å²) in [5.74, 6) is -1.99. The van der Waals surface area contributed by atoms with Gasteiger partial charge in [0.15, 0.2) is 0 Å². The molecule has 0 aliphatic carbocycles. The zero-order valence-electron chi connectivity index (χ0n) is 17.0. The highest BCUT2D eigenvalue weighted by Gasteiger charge is 2.39. The number of rotatable bonds is 9. The molecule has 0 bridgehead atoms. The van der Waals surface area contributed by atoms with Crippen molar-refractivity contribution in [3.8, 4) is 0 Å². The molecule has 30 heavy (non-hydrogen) atoms. The molecular weight excluding hydrogens is 412 g/mol. The molecule has 1 aromatic carbocycles. The van der Waals surface area contributed by atoms with Gasteiger partial charge in [0.1, 0.15) is 0 Å². The Morgan fingerprint density at radius 3 is 2.67 bits per heavy atom. The van der Waals surface area contributed by atoms with Crippen molar-refractivity contribution in [2.45, 2.75) is 19.8 Å². The number of esters is 2. The fraction of sp³-hybridized carbons (Fsp3) is 0.400. The maximum Gasteiger partial charge on any atom is 0.336 e. The first-order chi connectivity index (χ1) is 14.5. The predicted molar refractivity (Wildman–Crippen MR) is 113 cm³/mol. The zero-order valence-corrected chi connectivity index (χ0v) is 17.7. The zero-order chi connectivity index (χ0) is 22.1. The van der Waals surface area contributed by atoms with Crippen LogP contribution in [0.2, 0.25) is 5.02 Å². The maximum atomic E-state index is 12.9. The van der Waals surface area contributed by atoms with E-state index >= 15 is 0 Å². The third kappa shape index (κ3) is 5.33. The lowest BCUT2D eigenvalue weighted by atomic mass is 9.80. The van der Waals surface area contributed by atoms with Crippen LogP contribution in [0.3, 0.4) is 0 Å². The normalized spacial score (nSPS) is 15.9. The first kappa shape index (κ1) is 23.3. The number of nitrogens with one attached hydrogen (secondary N) is 1. The molecule has 1 atom stereocenters. The summed E-state index contributed by atoms with van der Waals surface area (Å²) in [7, 11) is 1.27. The van der Waals surface area contributed by atoms with Crippen molar-refractivity contribution in [3.63, 3.8) is 0 Å². The molecular formula is C20H25ClN4O5. The Morgan fingerprint density at radius 1 is 1.30 bits per heavy atom. The summed E-state index contributed by atoms with van der Waals surface area (Å²) in [5, 5.41) is 6.87. The number of nitrogens with zero attached hydrogens (tertiary/aromatic N) is 3. The summed E-state index contributed by atoms with van der Waals surface area (Å²) in [6.45, 7) is 3.87. The second-order valence-electron chi connectivity index (χ2n) is 6.23. The van der Waals surface area contributed by atoms with Crippen LogP contribution >= 0.6 is 11.6 Å². The number of allylic oxidation sites excluding steroid dienone is 1. The van der Waals surface area contributed by atoms with Gasteiger partial charge in [0, 0.05) is 23.6 Å². The number of benzene rings is 1. The molecule has 1 aliphatic heterocycles. The van der Waals surface area contributed by atoms with Crippen molar-refractivity contribution in [1.82, 2.24) is 5.32 Å². The molecule has 1 aromatic rings. The average molecular weight is 438 g/mol. The molecule has 1 unspecified atom stereocenters. The van der Waals surface area contributed by atoms with E-state index in [9.17, 15) is 9.59 Å². The summed E-state index contributed by atoms with van der Waals surface area (Å²) in [6, 6.07) is 6.96. The summed E-state index contributed by atoms with van der Waals surface area (Å²) in [4.78, 5) is 28.2. The molecule has 0 aromatic heterocycles. The number of azide groups is 1. The van der Waals surface area contributed by atoms with Crippen LogP contribution in [0.1, 0.15) is 26.8 Å². The van der Waals surface area contributed by atoms with Gasteiger partial charge in [-0.1, -0.05) is 34.9 Å². The molecule has 162 valence electrons. The molecule has 0 amide bonds. The van der Waals surface area contributed by atoms with E-state index in [-0.39, 0.29) is 38.9 Å². The number of hydrogen-bond acceptors (Lipinski definition) is 7. The van der Waals surface area contributed by atoms with Crippen LogP contribution in [0, 0.1) is 0 Å². The highest BCUT2D eigenvalue weighted by Crippen LogP contribution is 2.41. The van der Waals surface area contributed by atoms with Crippen molar-refractivity contribution in [3.05, 3.63) is 67.8 Å². The Bertz CT molecular complexity index is 928. The van der Waals surface area contributed by atoms with Crippen LogP contribution in [0.25, 0.3) is 10.4 Å². The molecule has 2 rings (SSSR count). The van der Waals surface area contributed by atoms with E-state index in [1.807, 2.05) is 0 Å². The summed E-state index contributed by atoms with van der Waals surface area (Å²) >= 11 is 6.43. The predicted octanol–water partition coefficient (Wildman–Crippen LogP) is 3.86. The number of carbonyl (C=O) groups excluding carboxylic acids is 2. The molecule has 10 heteroatoms. The van der Waals surface area contributed by atoms with E-state index < -0.39 is 17.9 Å². The van der Waals surface area contributed by atoms with E-state index in [0.29, 0.717) is 22.0 Å². The third-order valence-corrected chi connectivity index (χ3v) is 4.75. The smallest absolute Gasteiger partial charge is 0.336 e. The second kappa shape index (κ2) is 11.3. The number of hydrogen-bond donors (Lipinski definition) is 1. The number of methoxy groups -OCH3 is 1. The van der Waals surface area contributed by atoms with Gasteiger partial charge in [-0.2, -0.15) is 0 Å². The van der Waals surface area contributed by atoms with Crippen molar-refractivity contribution < 1.29 is 25.2 Å². The lowest BCUT2D eigenvalue weighted by Gasteiger charge is -2.31. The fourth-order valence-corrected chi connectivity index (χ4v) is 3.43. The maximum absolute atomic E-state index is 12.9. The summed E-state index contributed by atoms with van der Waals surface area (Å²) in [5.41, 5.74) is 10.3. The molecule has 0 saturated carbocycles. The van der Waals surface area contributed by atoms with Gasteiger partial charge in [0.2, 0.25) is 0 Å². The number of ether oxygens (including phenoxy) is 3. The standard InChI is InChI=1S/C20H23ClN4O5.H2/c1-4-30-20(27)18-15(11-29-10-9-23-25-22)24-12(2)16(19(26)28-3)17(18)13-7-5-6-8-14(13)21;/h5-8,17,24H,4,9-11H2,1-3H3;1H/i;1+1. The van der Waals surface area contributed by atoms with E-state index in [1.165, 1.54) is 7.11 Å². The number of carbonyl (C=O) groups is 2. The van der Waals surface area contributed by atoms with Gasteiger partial charge in [0.05, 0.1) is 49.7 Å². The SMILES string of the molecule is CCOC(=O)C1=C(COCCN=[N+]=[N-])NC(C)=C(C(=O)OC)C1c1ccccc1Cl.[2HH]. The summed E-state index contributed by atoms with van der Waals surface area (Å²) < 4.78 is 15.8. The van der Waals surface area contributed by atoms with Crippen LogP contribution in [0.5, 0.6) is 0 Å². The molecule has 1 N–H and O–H groups in total. The largest absolute Gasteiger partial charge is 0.466 e. The van der Waals surface area contributed by atoms with Gasteiger partial charge in [-0.15, -0.1) is 0 Å². The van der Waals surface area contributed by atoms with Gasteiger partial charge >= 0.3 is 11.9 Å². The van der Waals surface area contributed by atoms with Crippen molar-refractivity contribution in [2.75, 3.05) is 33.5 Å². The Balaban J connectivity index is 0.00000480. The number of dihydropyridines is 1. The van der Waals surface area contributed by atoms with Gasteiger partial charge in [0.25, 0.3) is 0 Å². The topological polar surface area (TPSA) is 123 Å². The Morgan fingerprint density at radius 2 is 2.03 bits per heavy atom. The quantitative estimate of drug-likeness (QED) is 0.206. The van der Waals surface area contributed by atoms with E-state index in [4.69, 9.17) is 31.3 Å². The van der Waals surface area contributed by atoms with E-state index in [2.05, 4.69) is 15.3 Å². The monoisotopic (exact) mass is 437 g/mol. The Hall–Kier alpha value is -3.00. The van der Waals surface area contributed by atoms with Crippen molar-refractivity contribution >= 4 is 23.5 Å². The molecule has 0 saturated heterocycles. The second-order valence-corrected chi connectivity index (χ2v) is 6.64. The van der Waals surface area contributed by atoms with Gasteiger partial charge in [-0.25, -0.2) is 9.59 Å². The van der Waals surface area contributed by atoms with Crippen LogP contribution in [0.4, 0.5) is 0 Å². The molecule has 0 spiro atoms. The van der Waals surface area contributed by atoms with Gasteiger partial charge in [-0.3, -0.25) is 0 Å². The first-order valence-electron chi connectivity index (χ1n) is 9.25. The van der Waals surface area contributed by atoms with Crippen LogP contribution in [0.15, 0.2) is 51.9 Å². The Labute approximate surface area is 180 Å². The lowest BCUT2D eigenvalue weighted by molar-refractivity contribution is -0.139. The molecule has 1 aliphatic rings. The molecule has 1 heterocycles. The average Bonchev–Trinajstić information content (AvgIpc) is 2.73. The minimum absolute atomic E-state index is 0. The van der Waals surface area contributed by atoms with E-state index in [0.717, 1.165) is 0 Å². The first-order valence-corrected chi connectivity index (χ1v) is 9.63. The molecule has 9 nitrogen and oxygen atoms in total. The van der Waals surface area contributed by atoms with Gasteiger partial charge < -0.3 is 19.5 Å². The molecule has 0 fully saturated rings. The fourth-order valence-electron chi connectivity index (χ4n) is 3.19. The minimum atomic E-state index is -0.804. The van der Waals surface area contributed by atoms with Gasteiger partial charge in [-0.05, 0) is 31.0 Å². The third-order valence-electron chi connectivity index (χ3n) is 4.41. The number of halogens is 1. The molecule has 0 radical (unpaired) electrons. The highest BCUT2D eigenvalue weighted by atomic mass is 35.5. The minimum Gasteiger partial charge on any atom is -0.466 e. The van der Waals surface area contributed by atoms with Crippen molar-refractivity contribution in [2.24, 2.45) is 5.11 Å². The highest BCUT2D eigenvalue weighted by molar-refractivity contribution is 6.31. The van der Waals surface area contributed by atoms with Crippen LogP contribution in [-0.2, 0) is 23.8 Å².